The van der Waals surface area contributed by atoms with Crippen LogP contribution in [0.5, 0.6) is 5.75 Å². The highest BCUT2D eigenvalue weighted by Gasteiger charge is 2.45. The number of amides is 1. The van der Waals surface area contributed by atoms with Crippen molar-refractivity contribution in [3.05, 3.63) is 107 Å². The van der Waals surface area contributed by atoms with Crippen LogP contribution in [0.1, 0.15) is 11.1 Å². The molecule has 1 aromatic heterocycles. The number of piperazine rings is 1. The Hall–Kier alpha value is -3.60. The number of ether oxygens (including phenoxy) is 3. The lowest BCUT2D eigenvalue weighted by Crippen LogP contribution is -2.48. The predicted molar refractivity (Wildman–Crippen MR) is 172 cm³/mol. The van der Waals surface area contributed by atoms with Crippen molar-refractivity contribution in [1.82, 2.24) is 14.5 Å². The van der Waals surface area contributed by atoms with Gasteiger partial charge in [-0.25, -0.2) is 4.98 Å². The number of carbonyl (C=O) groups is 1. The molecule has 0 spiro atoms. The first-order valence-electron chi connectivity index (χ1n) is 14.6. The standard InChI is InChI=1S/C33H35Cl2N5O4/c1-24-2-5-26(6-3-24)37-32(41)19-38-14-16-40(17-15-38)27-7-9-28(10-8-27)42-20-29-21-43-33(44-29,22-39-13-12-36-23-39)30-11-4-25(34)18-31(30)35/h2-13,18,23,29H,14-17,19-22H2,1H3,(H,37,41). The van der Waals surface area contributed by atoms with Crippen molar-refractivity contribution in [2.75, 3.05) is 56.2 Å². The fraction of sp³-hybridized carbons (Fsp3) is 0.333. The SMILES string of the molecule is Cc1ccc(NC(=O)CN2CCN(c3ccc(OCC4COC(Cn5ccnc5)(c5ccc(Cl)cc5Cl)O4)cc3)CC2)cc1. The van der Waals surface area contributed by atoms with Crippen LogP contribution in [0.4, 0.5) is 11.4 Å². The van der Waals surface area contributed by atoms with Crippen LogP contribution in [0.3, 0.4) is 0 Å². The lowest BCUT2D eigenvalue weighted by molar-refractivity contribution is -0.189. The first kappa shape index (κ1) is 30.4. The molecule has 3 aromatic carbocycles. The van der Waals surface area contributed by atoms with Gasteiger partial charge in [-0.2, -0.15) is 0 Å². The van der Waals surface area contributed by atoms with E-state index in [1.807, 2.05) is 60.2 Å². The molecular weight excluding hydrogens is 601 g/mol. The van der Waals surface area contributed by atoms with Crippen LogP contribution in [-0.2, 0) is 26.6 Å². The van der Waals surface area contributed by atoms with Crippen LogP contribution in [0.15, 0.2) is 85.5 Å². The Morgan fingerprint density at radius 3 is 2.52 bits per heavy atom. The van der Waals surface area contributed by atoms with Crippen LogP contribution in [0, 0.1) is 6.92 Å². The molecular formula is C33H35Cl2N5O4. The number of nitrogens with one attached hydrogen (secondary N) is 1. The third-order valence-corrected chi connectivity index (χ3v) is 8.41. The van der Waals surface area contributed by atoms with Crippen LogP contribution in [0.2, 0.25) is 10.0 Å². The Morgan fingerprint density at radius 1 is 1.05 bits per heavy atom. The smallest absolute Gasteiger partial charge is 0.238 e. The van der Waals surface area contributed by atoms with Crippen molar-refractivity contribution in [2.24, 2.45) is 0 Å². The van der Waals surface area contributed by atoms with E-state index in [2.05, 4.69) is 32.2 Å². The summed E-state index contributed by atoms with van der Waals surface area (Å²) in [6.45, 7) is 6.78. The monoisotopic (exact) mass is 635 g/mol. The number of imidazole rings is 1. The second-order valence-electron chi connectivity index (χ2n) is 11.1. The topological polar surface area (TPSA) is 81.1 Å². The first-order valence-corrected chi connectivity index (χ1v) is 15.4. The minimum atomic E-state index is -1.09. The molecule has 44 heavy (non-hydrogen) atoms. The molecule has 0 saturated carbocycles. The van der Waals surface area contributed by atoms with Crippen molar-refractivity contribution >= 4 is 40.5 Å². The fourth-order valence-corrected chi connectivity index (χ4v) is 6.07. The van der Waals surface area contributed by atoms with Crippen LogP contribution < -0.4 is 15.0 Å². The van der Waals surface area contributed by atoms with Gasteiger partial charge in [-0.15, -0.1) is 0 Å². The van der Waals surface area contributed by atoms with Gasteiger partial charge in [-0.3, -0.25) is 9.69 Å². The number of carbonyl (C=O) groups excluding carboxylic acids is 1. The summed E-state index contributed by atoms with van der Waals surface area (Å²) in [5.41, 5.74) is 3.82. The molecule has 1 N–H and O–H groups in total. The Balaban J connectivity index is 0.993. The van der Waals surface area contributed by atoms with Gasteiger partial charge in [-0.05, 0) is 55.5 Å². The highest BCUT2D eigenvalue weighted by atomic mass is 35.5. The molecule has 2 saturated heterocycles. The Bertz CT molecular complexity index is 1540. The molecule has 2 atom stereocenters. The zero-order valence-corrected chi connectivity index (χ0v) is 26.0. The van der Waals surface area contributed by atoms with Crippen LogP contribution in [-0.4, -0.2) is 72.4 Å². The summed E-state index contributed by atoms with van der Waals surface area (Å²) in [5.74, 6) is -0.333. The molecule has 4 aromatic rings. The van der Waals surface area contributed by atoms with Gasteiger partial charge in [0, 0.05) is 60.5 Å². The molecule has 0 radical (unpaired) electrons. The maximum Gasteiger partial charge on any atom is 0.238 e. The maximum absolute atomic E-state index is 12.5. The van der Waals surface area contributed by atoms with Gasteiger partial charge in [0.15, 0.2) is 0 Å². The fourth-order valence-electron chi connectivity index (χ4n) is 5.52. The summed E-state index contributed by atoms with van der Waals surface area (Å²) in [4.78, 5) is 21.2. The molecule has 2 aliphatic heterocycles. The number of hydrogen-bond acceptors (Lipinski definition) is 7. The second kappa shape index (κ2) is 13.6. The average molecular weight is 637 g/mol. The number of benzene rings is 3. The maximum atomic E-state index is 12.5. The van der Waals surface area contributed by atoms with Gasteiger partial charge < -0.3 is 29.0 Å². The van der Waals surface area contributed by atoms with Gasteiger partial charge >= 0.3 is 0 Å². The van der Waals surface area contributed by atoms with E-state index in [1.54, 1.807) is 24.7 Å². The van der Waals surface area contributed by atoms with Gasteiger partial charge in [0.1, 0.15) is 18.5 Å². The third-order valence-electron chi connectivity index (χ3n) is 7.86. The number of rotatable bonds is 10. The number of aryl methyl sites for hydroxylation is 1. The van der Waals surface area contributed by atoms with E-state index in [0.717, 1.165) is 43.3 Å². The molecule has 0 bridgehead atoms. The summed E-state index contributed by atoms with van der Waals surface area (Å²) in [7, 11) is 0. The van der Waals surface area contributed by atoms with E-state index in [1.165, 1.54) is 5.56 Å². The summed E-state index contributed by atoms with van der Waals surface area (Å²) in [5, 5.41) is 4.00. The Labute approximate surface area is 267 Å². The van der Waals surface area contributed by atoms with Gasteiger partial charge in [0.25, 0.3) is 0 Å². The number of aromatic nitrogens is 2. The van der Waals surface area contributed by atoms with Crippen molar-refractivity contribution in [3.8, 4) is 5.75 Å². The van der Waals surface area contributed by atoms with E-state index in [9.17, 15) is 4.79 Å². The molecule has 230 valence electrons. The number of hydrogen-bond donors (Lipinski definition) is 1. The summed E-state index contributed by atoms with van der Waals surface area (Å²) >= 11 is 12.7. The molecule has 6 rings (SSSR count). The molecule has 1 amide bonds. The van der Waals surface area contributed by atoms with E-state index in [4.69, 9.17) is 37.4 Å². The zero-order chi connectivity index (χ0) is 30.5. The number of anilines is 2. The van der Waals surface area contributed by atoms with Gasteiger partial charge in [0.2, 0.25) is 11.7 Å². The second-order valence-corrected chi connectivity index (χ2v) is 12.0. The van der Waals surface area contributed by atoms with Crippen LogP contribution >= 0.6 is 23.2 Å². The summed E-state index contributed by atoms with van der Waals surface area (Å²) < 4.78 is 20.8. The summed E-state index contributed by atoms with van der Waals surface area (Å²) in [6.07, 6.45) is 4.98. The van der Waals surface area contributed by atoms with Crippen LogP contribution in [0.25, 0.3) is 0 Å². The van der Waals surface area contributed by atoms with E-state index < -0.39 is 5.79 Å². The zero-order valence-electron chi connectivity index (χ0n) is 24.5. The van der Waals surface area contributed by atoms with Crippen molar-refractivity contribution in [2.45, 2.75) is 25.4 Å². The highest BCUT2D eigenvalue weighted by molar-refractivity contribution is 6.35. The quantitative estimate of drug-likeness (QED) is 0.243. The lowest BCUT2D eigenvalue weighted by Gasteiger charge is -2.35. The number of nitrogens with zero attached hydrogens (tertiary/aromatic N) is 4. The molecule has 3 heterocycles. The Morgan fingerprint density at radius 2 is 1.82 bits per heavy atom. The minimum absolute atomic E-state index is 0.00989. The third kappa shape index (κ3) is 7.36. The Kier molecular flexibility index (Phi) is 9.39. The van der Waals surface area contributed by atoms with Gasteiger partial charge in [0.05, 0.1) is 31.0 Å². The molecule has 0 aliphatic carbocycles. The average Bonchev–Trinajstić information content (AvgIpc) is 3.68. The largest absolute Gasteiger partial charge is 0.491 e. The van der Waals surface area contributed by atoms with E-state index in [-0.39, 0.29) is 12.0 Å². The summed E-state index contributed by atoms with van der Waals surface area (Å²) in [6, 6.07) is 21.2. The molecule has 2 fully saturated rings. The minimum Gasteiger partial charge on any atom is -0.491 e. The van der Waals surface area contributed by atoms with Crippen molar-refractivity contribution in [1.29, 1.82) is 0 Å². The number of halogens is 2. The lowest BCUT2D eigenvalue weighted by atomic mass is 10.1. The van der Waals surface area contributed by atoms with Gasteiger partial charge in [-0.1, -0.05) is 47.0 Å². The molecule has 9 nitrogen and oxygen atoms in total. The molecule has 11 heteroatoms. The predicted octanol–water partition coefficient (Wildman–Crippen LogP) is 5.61. The van der Waals surface area contributed by atoms with Crippen molar-refractivity contribution < 1.29 is 19.0 Å². The van der Waals surface area contributed by atoms with E-state index >= 15 is 0 Å². The normalized spacial score (nSPS) is 20.5. The molecule has 2 aliphatic rings. The van der Waals surface area contributed by atoms with E-state index in [0.29, 0.717) is 41.9 Å². The van der Waals surface area contributed by atoms with Crippen molar-refractivity contribution in [3.63, 3.8) is 0 Å². The highest BCUT2D eigenvalue weighted by Crippen LogP contribution is 2.40. The molecule has 2 unspecified atom stereocenters. The first-order chi connectivity index (χ1) is 21.3.